The smallest absolute Gasteiger partial charge is 0.315 e. The summed E-state index contributed by atoms with van der Waals surface area (Å²) in [5.74, 6) is 3.83. The third-order valence-electron chi connectivity index (χ3n) is 7.02. The highest BCUT2D eigenvalue weighted by Gasteiger charge is 2.29. The largest absolute Gasteiger partial charge is 0.493 e. The minimum absolute atomic E-state index is 0.0858. The predicted octanol–water partition coefficient (Wildman–Crippen LogP) is 4.93. The van der Waals surface area contributed by atoms with E-state index >= 15 is 0 Å². The molecule has 1 aliphatic heterocycles. The van der Waals surface area contributed by atoms with Gasteiger partial charge in [-0.25, -0.2) is 0 Å². The van der Waals surface area contributed by atoms with Crippen molar-refractivity contribution in [2.24, 2.45) is 11.8 Å². The molecule has 0 aromatic heterocycles. The molecule has 1 fully saturated rings. The van der Waals surface area contributed by atoms with E-state index in [0.29, 0.717) is 48.0 Å². The van der Waals surface area contributed by atoms with Crippen molar-refractivity contribution in [3.8, 4) is 34.5 Å². The Morgan fingerprint density at radius 2 is 1.03 bits per heavy atom. The first-order valence-electron chi connectivity index (χ1n) is 12.8. The summed E-state index contributed by atoms with van der Waals surface area (Å²) < 4.78 is 38.5. The summed E-state index contributed by atoms with van der Waals surface area (Å²) in [5, 5.41) is 0. The van der Waals surface area contributed by atoms with Crippen molar-refractivity contribution < 1.29 is 38.0 Å². The normalized spacial score (nSPS) is 16.4. The fourth-order valence-corrected chi connectivity index (χ4v) is 4.95. The molecule has 2 atom stereocenters. The van der Waals surface area contributed by atoms with E-state index in [1.54, 1.807) is 53.7 Å². The first kappa shape index (κ1) is 28.1. The molecule has 1 aliphatic rings. The van der Waals surface area contributed by atoms with Crippen LogP contribution in [0, 0.1) is 11.8 Å². The van der Waals surface area contributed by atoms with Crippen LogP contribution in [-0.2, 0) is 28.8 Å². The number of rotatable bonds is 12. The summed E-state index contributed by atoms with van der Waals surface area (Å²) in [5.41, 5.74) is 3.04. The maximum absolute atomic E-state index is 12.7. The lowest BCUT2D eigenvalue weighted by Gasteiger charge is -2.19. The Morgan fingerprint density at radius 1 is 0.615 bits per heavy atom. The topological polar surface area (TPSA) is 81.7 Å². The molecule has 0 aliphatic carbocycles. The van der Waals surface area contributed by atoms with E-state index in [1.165, 1.54) is 5.56 Å². The highest BCUT2D eigenvalue weighted by Crippen LogP contribution is 2.35. The van der Waals surface area contributed by atoms with Crippen molar-refractivity contribution in [1.82, 2.24) is 0 Å². The number of hydrogen-bond donors (Lipinski definition) is 0. The van der Waals surface area contributed by atoms with Crippen molar-refractivity contribution in [3.05, 3.63) is 71.3 Å². The van der Waals surface area contributed by atoms with Gasteiger partial charge in [0.2, 0.25) is 0 Å². The molecular weight excluding hydrogens is 500 g/mol. The van der Waals surface area contributed by atoms with Gasteiger partial charge in [-0.05, 0) is 77.8 Å². The fraction of sp³-hybridized carbons (Fsp3) is 0.387. The quantitative estimate of drug-likeness (QED) is 0.238. The number of carbonyl (C=O) groups excluding carboxylic acids is 1. The summed E-state index contributed by atoms with van der Waals surface area (Å²) in [6.45, 7) is 1.41. The number of esters is 1. The van der Waals surface area contributed by atoms with E-state index in [-0.39, 0.29) is 6.42 Å². The van der Waals surface area contributed by atoms with Crippen LogP contribution in [0.5, 0.6) is 34.5 Å². The third-order valence-corrected chi connectivity index (χ3v) is 7.02. The second kappa shape index (κ2) is 13.2. The van der Waals surface area contributed by atoms with Crippen LogP contribution >= 0.6 is 0 Å². The van der Waals surface area contributed by atoms with E-state index in [1.807, 2.05) is 30.3 Å². The van der Waals surface area contributed by atoms with Gasteiger partial charge in [0.05, 0.1) is 55.2 Å². The third kappa shape index (κ3) is 6.95. The van der Waals surface area contributed by atoms with Gasteiger partial charge in [-0.2, -0.15) is 0 Å². The van der Waals surface area contributed by atoms with E-state index in [9.17, 15) is 4.79 Å². The van der Waals surface area contributed by atoms with Gasteiger partial charge < -0.3 is 33.2 Å². The molecule has 1 saturated heterocycles. The average Bonchev–Trinajstić information content (AvgIpc) is 3.39. The SMILES string of the molecule is COc1ccc(CC(=O)Oc2ccc(C[C@H]3COC[C@@H]3Cc3ccc(OC)c(OC)c3)cc2OC)cc1OC. The van der Waals surface area contributed by atoms with E-state index in [4.69, 9.17) is 33.2 Å². The monoisotopic (exact) mass is 536 g/mol. The molecule has 0 bridgehead atoms. The molecule has 39 heavy (non-hydrogen) atoms. The van der Waals surface area contributed by atoms with Gasteiger partial charge in [-0.1, -0.05) is 18.2 Å². The summed E-state index contributed by atoms with van der Waals surface area (Å²) >= 11 is 0. The highest BCUT2D eigenvalue weighted by atomic mass is 16.6. The standard InChI is InChI=1S/C31H36O8/c1-33-25-9-6-20(14-28(25)35-3)12-23-18-38-19-24(23)13-21-8-11-27(30(15-21)37-5)39-31(32)17-22-7-10-26(34-2)29(16-22)36-4/h6-11,14-16,23-24H,12-13,17-19H2,1-5H3/t23-,24-/m0/s1. The van der Waals surface area contributed by atoms with Crippen molar-refractivity contribution in [2.45, 2.75) is 19.3 Å². The van der Waals surface area contributed by atoms with Crippen LogP contribution in [0.15, 0.2) is 54.6 Å². The maximum atomic E-state index is 12.7. The zero-order chi connectivity index (χ0) is 27.8. The minimum atomic E-state index is -0.396. The minimum Gasteiger partial charge on any atom is -0.493 e. The molecule has 0 amide bonds. The molecule has 1 heterocycles. The van der Waals surface area contributed by atoms with Gasteiger partial charge in [0, 0.05) is 0 Å². The fourth-order valence-electron chi connectivity index (χ4n) is 4.95. The van der Waals surface area contributed by atoms with Gasteiger partial charge in [0.15, 0.2) is 34.5 Å². The first-order valence-corrected chi connectivity index (χ1v) is 12.8. The molecular formula is C31H36O8. The lowest BCUT2D eigenvalue weighted by molar-refractivity contribution is -0.133. The Hall–Kier alpha value is -3.91. The number of methoxy groups -OCH3 is 5. The molecule has 3 aromatic rings. The molecule has 208 valence electrons. The van der Waals surface area contributed by atoms with Gasteiger partial charge in [0.25, 0.3) is 0 Å². The Balaban J connectivity index is 1.40. The van der Waals surface area contributed by atoms with E-state index in [0.717, 1.165) is 35.5 Å². The van der Waals surface area contributed by atoms with Crippen LogP contribution in [0.1, 0.15) is 16.7 Å². The summed E-state index contributed by atoms with van der Waals surface area (Å²) in [4.78, 5) is 12.7. The molecule has 0 radical (unpaired) electrons. The molecule has 8 nitrogen and oxygen atoms in total. The Kier molecular flexibility index (Phi) is 9.54. The molecule has 8 heteroatoms. The Bertz CT molecular complexity index is 1270. The number of hydrogen-bond acceptors (Lipinski definition) is 8. The number of ether oxygens (including phenoxy) is 7. The second-order valence-electron chi connectivity index (χ2n) is 9.48. The second-order valence-corrected chi connectivity index (χ2v) is 9.48. The predicted molar refractivity (Wildman–Crippen MR) is 147 cm³/mol. The number of benzene rings is 3. The highest BCUT2D eigenvalue weighted by molar-refractivity contribution is 5.76. The molecule has 4 rings (SSSR count). The van der Waals surface area contributed by atoms with Gasteiger partial charge >= 0.3 is 5.97 Å². The Morgan fingerprint density at radius 3 is 1.51 bits per heavy atom. The van der Waals surface area contributed by atoms with Crippen molar-refractivity contribution in [2.75, 3.05) is 48.8 Å². The molecule has 0 N–H and O–H groups in total. The zero-order valence-electron chi connectivity index (χ0n) is 23.2. The van der Waals surface area contributed by atoms with Crippen LogP contribution < -0.4 is 28.4 Å². The van der Waals surface area contributed by atoms with Crippen LogP contribution in [0.4, 0.5) is 0 Å². The van der Waals surface area contributed by atoms with Crippen LogP contribution in [0.3, 0.4) is 0 Å². The lowest BCUT2D eigenvalue weighted by Crippen LogP contribution is -2.18. The molecule has 0 spiro atoms. The maximum Gasteiger partial charge on any atom is 0.315 e. The number of carbonyl (C=O) groups is 1. The summed E-state index contributed by atoms with van der Waals surface area (Å²) in [6, 6.07) is 17.1. The van der Waals surface area contributed by atoms with E-state index in [2.05, 4.69) is 6.07 Å². The summed E-state index contributed by atoms with van der Waals surface area (Å²) in [6.07, 6.45) is 1.80. The Labute approximate surface area is 229 Å². The van der Waals surface area contributed by atoms with Gasteiger partial charge in [-0.15, -0.1) is 0 Å². The van der Waals surface area contributed by atoms with E-state index < -0.39 is 5.97 Å². The van der Waals surface area contributed by atoms with Crippen LogP contribution in [0.25, 0.3) is 0 Å². The van der Waals surface area contributed by atoms with Crippen molar-refractivity contribution >= 4 is 5.97 Å². The molecule has 0 unspecified atom stereocenters. The average molecular weight is 537 g/mol. The van der Waals surface area contributed by atoms with Gasteiger partial charge in [-0.3, -0.25) is 4.79 Å². The van der Waals surface area contributed by atoms with Crippen molar-refractivity contribution in [1.29, 1.82) is 0 Å². The van der Waals surface area contributed by atoms with Crippen LogP contribution in [0.2, 0.25) is 0 Å². The molecule has 3 aromatic carbocycles. The molecule has 0 saturated carbocycles. The van der Waals surface area contributed by atoms with Crippen LogP contribution in [-0.4, -0.2) is 54.7 Å². The van der Waals surface area contributed by atoms with Gasteiger partial charge in [0.1, 0.15) is 0 Å². The lowest BCUT2D eigenvalue weighted by atomic mass is 9.85. The zero-order valence-corrected chi connectivity index (χ0v) is 23.2. The van der Waals surface area contributed by atoms with Crippen molar-refractivity contribution in [3.63, 3.8) is 0 Å². The summed E-state index contributed by atoms with van der Waals surface area (Å²) in [7, 11) is 7.98. The first-order chi connectivity index (χ1) is 19.0.